The summed E-state index contributed by atoms with van der Waals surface area (Å²) in [5, 5.41) is 19.8. The summed E-state index contributed by atoms with van der Waals surface area (Å²) in [5.74, 6) is 0.177. The number of allylic oxidation sites excluding steroid dienone is 2. The van der Waals surface area contributed by atoms with Crippen molar-refractivity contribution in [3.8, 4) is 0 Å². The van der Waals surface area contributed by atoms with Gasteiger partial charge in [0.15, 0.2) is 0 Å². The topological polar surface area (TPSA) is 124 Å². The molecule has 43 heavy (non-hydrogen) atoms. The summed E-state index contributed by atoms with van der Waals surface area (Å²) in [7, 11) is 2.02. The lowest BCUT2D eigenvalue weighted by Gasteiger charge is -2.33. The fraction of sp³-hybridized carbons (Fsp3) is 0.636. The molecule has 10 heteroatoms. The maximum absolute atomic E-state index is 13.0. The van der Waals surface area contributed by atoms with E-state index in [0.29, 0.717) is 32.2 Å². The number of aldehydes is 2. The van der Waals surface area contributed by atoms with Crippen molar-refractivity contribution < 1.29 is 29.3 Å². The van der Waals surface area contributed by atoms with Gasteiger partial charge in [-0.2, -0.15) is 0 Å². The van der Waals surface area contributed by atoms with E-state index in [1.54, 1.807) is 11.1 Å². The Morgan fingerprint density at radius 1 is 1.14 bits per heavy atom. The molecule has 6 atom stereocenters. The third-order valence-corrected chi connectivity index (χ3v) is 8.77. The highest BCUT2D eigenvalue weighted by Crippen LogP contribution is 2.27. The van der Waals surface area contributed by atoms with Crippen LogP contribution in [0.3, 0.4) is 0 Å². The van der Waals surface area contributed by atoms with Gasteiger partial charge in [-0.15, -0.1) is 0 Å². The average molecular weight is 599 g/mol. The summed E-state index contributed by atoms with van der Waals surface area (Å²) in [4.78, 5) is 46.6. The van der Waals surface area contributed by atoms with Gasteiger partial charge < -0.3 is 39.2 Å². The van der Waals surface area contributed by atoms with Crippen LogP contribution in [-0.4, -0.2) is 108 Å². The number of nitrogens with zero attached hydrogens (tertiary/aromatic N) is 4. The van der Waals surface area contributed by atoms with Crippen LogP contribution < -0.4 is 4.90 Å². The number of amides is 1. The van der Waals surface area contributed by atoms with Gasteiger partial charge in [0.2, 0.25) is 0 Å². The van der Waals surface area contributed by atoms with Crippen LogP contribution in [0.2, 0.25) is 0 Å². The zero-order valence-electron chi connectivity index (χ0n) is 26.2. The van der Waals surface area contributed by atoms with Crippen molar-refractivity contribution in [3.05, 3.63) is 41.6 Å². The highest BCUT2D eigenvalue weighted by molar-refractivity contribution is 5.68. The first kappa shape index (κ1) is 34.4. The van der Waals surface area contributed by atoms with E-state index in [4.69, 9.17) is 4.74 Å². The number of aliphatic hydroxyl groups is 2. The molecule has 2 aliphatic heterocycles. The van der Waals surface area contributed by atoms with E-state index in [-0.39, 0.29) is 42.9 Å². The summed E-state index contributed by atoms with van der Waals surface area (Å²) >= 11 is 0. The fourth-order valence-corrected chi connectivity index (χ4v) is 5.79. The first-order chi connectivity index (χ1) is 20.7. The lowest BCUT2D eigenvalue weighted by atomic mass is 9.86. The number of piperazine rings is 1. The van der Waals surface area contributed by atoms with E-state index in [9.17, 15) is 24.6 Å². The van der Waals surface area contributed by atoms with Gasteiger partial charge in [-0.1, -0.05) is 31.6 Å². The van der Waals surface area contributed by atoms with Crippen molar-refractivity contribution in [3.63, 3.8) is 0 Å². The molecule has 2 saturated heterocycles. The Morgan fingerprint density at radius 2 is 1.88 bits per heavy atom. The molecule has 0 bridgehead atoms. The fourth-order valence-electron chi connectivity index (χ4n) is 5.79. The number of aromatic nitrogens is 1. The van der Waals surface area contributed by atoms with Crippen molar-refractivity contribution in [1.82, 2.24) is 14.8 Å². The third kappa shape index (κ3) is 10.3. The van der Waals surface area contributed by atoms with Crippen LogP contribution in [-0.2, 0) is 14.3 Å². The highest BCUT2D eigenvalue weighted by Gasteiger charge is 2.27. The summed E-state index contributed by atoms with van der Waals surface area (Å²) < 4.78 is 5.98. The number of rotatable bonds is 15. The second kappa shape index (κ2) is 17.3. The first-order valence-electron chi connectivity index (χ1n) is 15.6. The predicted molar refractivity (Wildman–Crippen MR) is 168 cm³/mol. The molecule has 0 spiro atoms. The molecule has 10 nitrogen and oxygen atoms in total. The molecule has 0 aromatic carbocycles. The SMILES string of the molecule is C/C(=C\c1ccnc(N2CCC[C@@H]2CO)c1)[C@@H](C=O)[C@@H](C)/C=C/[C@H](OC(=O)N1CCN(C)CC1)[C@@H](C)CC[C@@H](O)CC=O. The van der Waals surface area contributed by atoms with E-state index in [1.807, 2.05) is 58.2 Å². The van der Waals surface area contributed by atoms with E-state index < -0.39 is 12.2 Å². The zero-order valence-corrected chi connectivity index (χ0v) is 26.2. The number of hydrogen-bond acceptors (Lipinski definition) is 9. The number of ether oxygens (including phenoxy) is 1. The van der Waals surface area contributed by atoms with E-state index in [2.05, 4.69) is 14.8 Å². The molecule has 2 aliphatic rings. The number of carbonyl (C=O) groups excluding carboxylic acids is 3. The van der Waals surface area contributed by atoms with E-state index in [0.717, 1.165) is 55.7 Å². The number of carbonyl (C=O) groups is 3. The maximum Gasteiger partial charge on any atom is 0.410 e. The molecule has 0 aliphatic carbocycles. The number of aliphatic hydroxyl groups excluding tert-OH is 2. The molecule has 3 rings (SSSR count). The number of hydrogen-bond donors (Lipinski definition) is 2. The van der Waals surface area contributed by atoms with Gasteiger partial charge in [0.25, 0.3) is 0 Å². The van der Waals surface area contributed by atoms with Crippen LogP contribution in [0.4, 0.5) is 10.6 Å². The molecule has 0 radical (unpaired) electrons. The van der Waals surface area contributed by atoms with Gasteiger partial charge in [-0.3, -0.25) is 0 Å². The van der Waals surface area contributed by atoms with Crippen LogP contribution in [0.1, 0.15) is 58.4 Å². The monoisotopic (exact) mass is 598 g/mol. The summed E-state index contributed by atoms with van der Waals surface area (Å²) in [6.07, 6.45) is 10.6. The maximum atomic E-state index is 13.0. The average Bonchev–Trinajstić information content (AvgIpc) is 3.48. The smallest absolute Gasteiger partial charge is 0.410 e. The summed E-state index contributed by atoms with van der Waals surface area (Å²) in [5.41, 5.74) is 1.84. The van der Waals surface area contributed by atoms with Crippen molar-refractivity contribution in [1.29, 1.82) is 0 Å². The Bertz CT molecular complexity index is 1100. The van der Waals surface area contributed by atoms with Crippen LogP contribution in [0.5, 0.6) is 0 Å². The van der Waals surface area contributed by atoms with Crippen molar-refractivity contribution in [2.45, 2.75) is 71.1 Å². The number of pyridine rings is 1. The molecule has 0 saturated carbocycles. The minimum Gasteiger partial charge on any atom is -0.442 e. The molecule has 1 amide bonds. The minimum atomic E-state index is -0.724. The molecule has 2 N–H and O–H groups in total. The highest BCUT2D eigenvalue weighted by atomic mass is 16.6. The second-order valence-electron chi connectivity index (χ2n) is 12.2. The van der Waals surface area contributed by atoms with Crippen LogP contribution in [0.15, 0.2) is 36.1 Å². The Balaban J connectivity index is 1.73. The Hall–Kier alpha value is -3.08. The molecule has 238 valence electrons. The summed E-state index contributed by atoms with van der Waals surface area (Å²) in [6.45, 7) is 9.60. The van der Waals surface area contributed by atoms with Crippen molar-refractivity contribution >= 4 is 30.6 Å². The quantitative estimate of drug-likeness (QED) is 0.230. The van der Waals surface area contributed by atoms with Gasteiger partial charge in [0.1, 0.15) is 24.5 Å². The minimum absolute atomic E-state index is 0.0784. The van der Waals surface area contributed by atoms with E-state index >= 15 is 0 Å². The normalized spacial score (nSPS) is 21.8. The van der Waals surface area contributed by atoms with Crippen LogP contribution in [0.25, 0.3) is 6.08 Å². The van der Waals surface area contributed by atoms with Gasteiger partial charge >= 0.3 is 6.09 Å². The second-order valence-corrected chi connectivity index (χ2v) is 12.2. The Labute approximate surface area is 256 Å². The Kier molecular flexibility index (Phi) is 13.8. The number of anilines is 1. The van der Waals surface area contributed by atoms with Gasteiger partial charge in [-0.25, -0.2) is 9.78 Å². The molecule has 1 aromatic heterocycles. The molecule has 0 unspecified atom stereocenters. The molecule has 2 fully saturated rings. The standard InChI is InChI=1S/C33H50N4O6/c1-24(30(23-40)26(3)20-27-11-13-34-32(21-27)37-14-5-6-28(37)22-39)8-10-31(25(2)7-9-29(41)12-19-38)43-33(42)36-17-15-35(4)16-18-36/h8,10-11,13,19-21,23-25,28-31,39,41H,5-7,9,12,14-18,22H2,1-4H3/b10-8+,26-20+/t24-,25-,28+,29+,30-,31-/m0/s1. The van der Waals surface area contributed by atoms with Crippen molar-refractivity contribution in [2.75, 3.05) is 51.3 Å². The van der Waals surface area contributed by atoms with Gasteiger partial charge in [0, 0.05) is 51.3 Å². The van der Waals surface area contributed by atoms with Crippen molar-refractivity contribution in [2.24, 2.45) is 17.8 Å². The first-order valence-corrected chi connectivity index (χ1v) is 15.6. The van der Waals surface area contributed by atoms with Crippen LogP contribution in [0, 0.1) is 17.8 Å². The van der Waals surface area contributed by atoms with Gasteiger partial charge in [0.05, 0.1) is 18.8 Å². The molecule has 1 aromatic rings. The number of likely N-dealkylation sites (N-methyl/N-ethyl adjacent to an activating group) is 1. The van der Waals surface area contributed by atoms with E-state index in [1.165, 1.54) is 0 Å². The lowest BCUT2D eigenvalue weighted by Crippen LogP contribution is -2.48. The van der Waals surface area contributed by atoms with Gasteiger partial charge in [-0.05, 0) is 75.3 Å². The lowest BCUT2D eigenvalue weighted by molar-refractivity contribution is -0.111. The molecule has 3 heterocycles. The predicted octanol–water partition coefficient (Wildman–Crippen LogP) is 3.57. The van der Waals surface area contributed by atoms with Crippen LogP contribution >= 0.6 is 0 Å². The Morgan fingerprint density at radius 3 is 2.56 bits per heavy atom. The molecular formula is C33H50N4O6. The summed E-state index contributed by atoms with van der Waals surface area (Å²) in [6, 6.07) is 3.98. The zero-order chi connectivity index (χ0) is 31.4. The molecular weight excluding hydrogens is 548 g/mol. The third-order valence-electron chi connectivity index (χ3n) is 8.77. The largest absolute Gasteiger partial charge is 0.442 e.